The van der Waals surface area contributed by atoms with E-state index in [1.807, 2.05) is 13.0 Å². The average Bonchev–Trinajstić information content (AvgIpc) is 3.14. The van der Waals surface area contributed by atoms with E-state index >= 15 is 0 Å². The summed E-state index contributed by atoms with van der Waals surface area (Å²) in [5.41, 5.74) is 2.14. The van der Waals surface area contributed by atoms with Gasteiger partial charge in [-0.05, 0) is 49.7 Å². The summed E-state index contributed by atoms with van der Waals surface area (Å²) in [6.45, 7) is 4.45. The summed E-state index contributed by atoms with van der Waals surface area (Å²) in [6.07, 6.45) is 3.39. The van der Waals surface area contributed by atoms with Crippen LogP contribution in [0, 0.1) is 12.8 Å². The fourth-order valence-electron chi connectivity index (χ4n) is 4.26. The van der Waals surface area contributed by atoms with Crippen molar-refractivity contribution in [1.29, 1.82) is 0 Å². The van der Waals surface area contributed by atoms with E-state index in [9.17, 15) is 8.42 Å². The smallest absolute Gasteiger partial charge is 0.208 e. The molecule has 0 saturated carbocycles. The van der Waals surface area contributed by atoms with Gasteiger partial charge < -0.3 is 0 Å². The molecule has 2 aromatic rings. The second-order valence-corrected chi connectivity index (χ2v) is 10.1. The highest BCUT2D eigenvalue weighted by Crippen LogP contribution is 2.41. The van der Waals surface area contributed by atoms with Crippen LogP contribution in [0.2, 0.25) is 0 Å². The molecular weight excluding hydrogens is 368 g/mol. The monoisotopic (exact) mass is 392 g/mol. The van der Waals surface area contributed by atoms with Crippen LogP contribution in [0.3, 0.4) is 0 Å². The van der Waals surface area contributed by atoms with E-state index in [4.69, 9.17) is 4.98 Å². The number of hydrogen-bond acceptors (Lipinski definition) is 6. The number of nitrogens with one attached hydrogen (secondary N) is 1. The summed E-state index contributed by atoms with van der Waals surface area (Å²) < 4.78 is 25.5. The van der Waals surface area contributed by atoms with Crippen LogP contribution in [0.25, 0.3) is 10.6 Å². The Morgan fingerprint density at radius 2 is 2.23 bits per heavy atom. The first kappa shape index (κ1) is 18.0. The molecule has 3 aliphatic heterocycles. The number of piperidine rings is 3. The van der Waals surface area contributed by atoms with Crippen LogP contribution < -0.4 is 4.72 Å². The van der Waals surface area contributed by atoms with Gasteiger partial charge in [-0.25, -0.2) is 23.1 Å². The number of aryl methyl sites for hydroxylation is 1. The first-order valence-corrected chi connectivity index (χ1v) is 11.7. The van der Waals surface area contributed by atoms with Crippen molar-refractivity contribution in [1.82, 2.24) is 19.6 Å². The number of aromatic nitrogens is 2. The molecular formula is C18H24N4O2S2. The molecule has 2 aromatic heterocycles. The Labute approximate surface area is 158 Å². The molecule has 8 heteroatoms. The van der Waals surface area contributed by atoms with Crippen LogP contribution in [0.5, 0.6) is 0 Å². The number of rotatable bonds is 5. The lowest BCUT2D eigenvalue weighted by atomic mass is 9.74. The standard InChI is InChI=1S/C18H24N4O2S2/c1-12-20-16(9-17(21-12)18-4-3-7-25-18)15-11-22-6-5-13(15)8-14(22)10-19-26(2,23)24/h3-4,7,9,13-15,19H,5-6,8,10-11H2,1-2H3/t13-,14+,15-/m0/s1. The summed E-state index contributed by atoms with van der Waals surface area (Å²) in [6, 6.07) is 6.58. The Morgan fingerprint density at radius 3 is 2.88 bits per heavy atom. The average molecular weight is 393 g/mol. The molecule has 1 unspecified atom stereocenters. The van der Waals surface area contributed by atoms with Crippen LogP contribution in [0.4, 0.5) is 0 Å². The van der Waals surface area contributed by atoms with Crippen LogP contribution in [0.15, 0.2) is 23.6 Å². The predicted octanol–water partition coefficient (Wildman–Crippen LogP) is 2.24. The van der Waals surface area contributed by atoms with Crippen molar-refractivity contribution < 1.29 is 8.42 Å². The normalized spacial score (nSPS) is 28.4. The van der Waals surface area contributed by atoms with Crippen molar-refractivity contribution in [3.63, 3.8) is 0 Å². The van der Waals surface area contributed by atoms with Gasteiger partial charge in [-0.1, -0.05) is 6.07 Å². The number of fused-ring (bicyclic) bond motifs is 3. The minimum Gasteiger partial charge on any atom is -0.298 e. The minimum absolute atomic E-state index is 0.291. The molecule has 0 spiro atoms. The molecule has 4 atom stereocenters. The highest BCUT2D eigenvalue weighted by molar-refractivity contribution is 7.88. The molecule has 2 bridgehead atoms. The molecule has 5 heterocycles. The summed E-state index contributed by atoms with van der Waals surface area (Å²) in [5.74, 6) is 1.77. The molecule has 0 aromatic carbocycles. The lowest BCUT2D eigenvalue weighted by Gasteiger charge is -2.49. The lowest BCUT2D eigenvalue weighted by Crippen LogP contribution is -2.56. The molecule has 140 valence electrons. The van der Waals surface area contributed by atoms with Crippen molar-refractivity contribution in [3.05, 3.63) is 35.1 Å². The van der Waals surface area contributed by atoms with Crippen molar-refractivity contribution in [3.8, 4) is 10.6 Å². The van der Waals surface area contributed by atoms with E-state index in [1.54, 1.807) is 11.3 Å². The third-order valence-corrected chi connectivity index (χ3v) is 7.05. The van der Waals surface area contributed by atoms with Gasteiger partial charge >= 0.3 is 0 Å². The van der Waals surface area contributed by atoms with Gasteiger partial charge in [0.15, 0.2) is 0 Å². The third kappa shape index (κ3) is 3.83. The molecule has 0 amide bonds. The SMILES string of the molecule is Cc1nc(-c2cccs2)cc([C@H]2CN3CC[C@H]2C[C@@H]3CNS(C)(=O)=O)n1. The molecule has 5 rings (SSSR count). The lowest BCUT2D eigenvalue weighted by molar-refractivity contribution is 0.0317. The quantitative estimate of drug-likeness (QED) is 0.845. The van der Waals surface area contributed by atoms with E-state index in [0.29, 0.717) is 24.4 Å². The summed E-state index contributed by atoms with van der Waals surface area (Å²) >= 11 is 1.70. The van der Waals surface area contributed by atoms with Gasteiger partial charge in [-0.15, -0.1) is 11.3 Å². The van der Waals surface area contributed by atoms with E-state index in [-0.39, 0.29) is 0 Å². The summed E-state index contributed by atoms with van der Waals surface area (Å²) in [5, 5.41) is 2.07. The number of nitrogens with zero attached hydrogens (tertiary/aromatic N) is 3. The van der Waals surface area contributed by atoms with E-state index in [2.05, 4.69) is 32.1 Å². The van der Waals surface area contributed by atoms with Crippen molar-refractivity contribution in [2.75, 3.05) is 25.9 Å². The maximum atomic E-state index is 11.4. The van der Waals surface area contributed by atoms with Gasteiger partial charge in [-0.2, -0.15) is 0 Å². The molecule has 26 heavy (non-hydrogen) atoms. The summed E-state index contributed by atoms with van der Waals surface area (Å²) in [7, 11) is -3.14. The molecule has 3 aliphatic rings. The van der Waals surface area contributed by atoms with Gasteiger partial charge in [0.25, 0.3) is 0 Å². The predicted molar refractivity (Wildman–Crippen MR) is 104 cm³/mol. The topological polar surface area (TPSA) is 75.2 Å². The number of hydrogen-bond donors (Lipinski definition) is 1. The zero-order valence-electron chi connectivity index (χ0n) is 15.1. The highest BCUT2D eigenvalue weighted by atomic mass is 32.2. The number of sulfonamides is 1. The van der Waals surface area contributed by atoms with Crippen molar-refractivity contribution in [2.24, 2.45) is 5.92 Å². The van der Waals surface area contributed by atoms with Crippen LogP contribution in [-0.4, -0.2) is 55.2 Å². The molecule has 3 saturated heterocycles. The fourth-order valence-corrected chi connectivity index (χ4v) is 5.45. The van der Waals surface area contributed by atoms with Crippen molar-refractivity contribution in [2.45, 2.75) is 31.7 Å². The zero-order chi connectivity index (χ0) is 18.3. The summed E-state index contributed by atoms with van der Waals surface area (Å²) in [4.78, 5) is 13.0. The third-order valence-electron chi connectivity index (χ3n) is 5.47. The Morgan fingerprint density at radius 1 is 1.38 bits per heavy atom. The number of thiophene rings is 1. The molecule has 3 fully saturated rings. The van der Waals surface area contributed by atoms with Gasteiger partial charge in [-0.3, -0.25) is 4.90 Å². The maximum absolute atomic E-state index is 11.4. The largest absolute Gasteiger partial charge is 0.298 e. The van der Waals surface area contributed by atoms with Crippen LogP contribution in [0.1, 0.15) is 30.3 Å². The second kappa shape index (κ2) is 6.99. The zero-order valence-corrected chi connectivity index (χ0v) is 16.7. The molecule has 0 aliphatic carbocycles. The Kier molecular flexibility index (Phi) is 4.85. The molecule has 0 radical (unpaired) electrons. The van der Waals surface area contributed by atoms with Crippen LogP contribution >= 0.6 is 11.3 Å². The second-order valence-electron chi connectivity index (χ2n) is 7.36. The molecule has 6 nitrogen and oxygen atoms in total. The van der Waals surface area contributed by atoms with Gasteiger partial charge in [0, 0.05) is 30.7 Å². The Bertz CT molecular complexity index is 883. The highest BCUT2D eigenvalue weighted by Gasteiger charge is 2.41. The maximum Gasteiger partial charge on any atom is 0.208 e. The minimum atomic E-state index is -3.14. The van der Waals surface area contributed by atoms with Gasteiger partial charge in [0.1, 0.15) is 5.82 Å². The first-order valence-electron chi connectivity index (χ1n) is 8.97. The van der Waals surface area contributed by atoms with E-state index < -0.39 is 10.0 Å². The van der Waals surface area contributed by atoms with E-state index in [0.717, 1.165) is 43.1 Å². The fraction of sp³-hybridized carbons (Fsp3) is 0.556. The first-order chi connectivity index (χ1) is 12.4. The van der Waals surface area contributed by atoms with E-state index in [1.165, 1.54) is 11.1 Å². The molecule has 1 N–H and O–H groups in total. The van der Waals surface area contributed by atoms with Gasteiger partial charge in [0.05, 0.1) is 16.8 Å². The van der Waals surface area contributed by atoms with Gasteiger partial charge in [0.2, 0.25) is 10.0 Å². The van der Waals surface area contributed by atoms with Crippen molar-refractivity contribution >= 4 is 21.4 Å². The Balaban J connectivity index is 1.54. The Hall–Kier alpha value is -1.35. The van der Waals surface area contributed by atoms with Crippen LogP contribution in [-0.2, 0) is 10.0 Å².